The van der Waals surface area contributed by atoms with Crippen molar-refractivity contribution in [3.05, 3.63) is 133 Å². The van der Waals surface area contributed by atoms with Crippen LogP contribution in [0.25, 0.3) is 11.6 Å². The van der Waals surface area contributed by atoms with E-state index in [-0.39, 0.29) is 24.1 Å². The standard InChI is InChI=1S/C36H31N3O5S3/c1-23(2)36(40)43-26-11-15-39(16-12-26)47(41,42)32-6-4-3-5-29(32)35-27-9-7-24(21-33-37-13-17-45-33)19-30(27)44-31-20-25(8-10-28(31)35)22-34-38-14-18-46-34/h3-10,13-14,17-21,26H,1,11-12,15-16,22H2,2H3/b24-21+. The van der Waals surface area contributed by atoms with E-state index in [1.54, 1.807) is 54.1 Å². The van der Waals surface area contributed by atoms with Crippen LogP contribution in [0.4, 0.5) is 0 Å². The van der Waals surface area contributed by atoms with Gasteiger partial charge >= 0.3 is 5.97 Å². The average molecular weight is 682 g/mol. The Morgan fingerprint density at radius 1 is 1.00 bits per heavy atom. The summed E-state index contributed by atoms with van der Waals surface area (Å²) in [6.07, 6.45) is 6.71. The maximum atomic E-state index is 14.3. The van der Waals surface area contributed by atoms with Gasteiger partial charge in [-0.15, -0.1) is 22.7 Å². The van der Waals surface area contributed by atoms with Crippen LogP contribution in [0.1, 0.15) is 46.5 Å². The summed E-state index contributed by atoms with van der Waals surface area (Å²) in [4.78, 5) is 21.1. The van der Waals surface area contributed by atoms with Gasteiger partial charge in [-0.1, -0.05) is 43.0 Å². The molecule has 5 aromatic rings. The minimum absolute atomic E-state index is 0.219. The van der Waals surface area contributed by atoms with Gasteiger partial charge in [0.1, 0.15) is 22.6 Å². The van der Waals surface area contributed by atoms with Crippen LogP contribution in [0.5, 0.6) is 11.5 Å². The summed E-state index contributed by atoms with van der Waals surface area (Å²) in [5.41, 5.74) is 3.56. The number of carbonyl (C=O) groups is 1. The molecule has 238 valence electrons. The van der Waals surface area contributed by atoms with Crippen molar-refractivity contribution in [2.75, 3.05) is 13.1 Å². The first kappa shape index (κ1) is 31.2. The van der Waals surface area contributed by atoms with Crippen LogP contribution in [0, 0.1) is 0 Å². The number of hydrogen-bond acceptors (Lipinski definition) is 9. The first-order chi connectivity index (χ1) is 22.8. The molecule has 1 fully saturated rings. The van der Waals surface area contributed by atoms with Crippen LogP contribution in [-0.2, 0) is 26.0 Å². The van der Waals surface area contributed by atoms with Crippen molar-refractivity contribution in [1.29, 1.82) is 0 Å². The molecule has 0 aliphatic carbocycles. The van der Waals surface area contributed by atoms with Crippen molar-refractivity contribution in [2.45, 2.75) is 37.2 Å². The number of sulfonamides is 1. The van der Waals surface area contributed by atoms with E-state index in [2.05, 4.69) is 16.5 Å². The number of thiazole rings is 2. The van der Waals surface area contributed by atoms with Crippen molar-refractivity contribution < 1.29 is 22.7 Å². The number of nitrogens with zero attached hydrogens (tertiary/aromatic N) is 3. The topological polar surface area (TPSA) is 98.7 Å². The molecule has 0 saturated carbocycles. The van der Waals surface area contributed by atoms with Crippen molar-refractivity contribution in [1.82, 2.24) is 14.3 Å². The average Bonchev–Trinajstić information content (AvgIpc) is 3.79. The van der Waals surface area contributed by atoms with Gasteiger partial charge in [-0.3, -0.25) is 0 Å². The SMILES string of the molecule is C=C(C)C(=O)OC1CCN(S(=O)(=O)c2ccccc2C2=c3cc/c(=C\c4nccs4)cc3Oc3cc(Cc4nccs4)ccc32)CC1. The number of hydrogen-bond donors (Lipinski definition) is 0. The van der Waals surface area contributed by atoms with Crippen molar-refractivity contribution >= 4 is 50.3 Å². The highest BCUT2D eigenvalue weighted by atomic mass is 32.2. The van der Waals surface area contributed by atoms with Crippen molar-refractivity contribution in [3.63, 3.8) is 0 Å². The van der Waals surface area contributed by atoms with Crippen LogP contribution in [0.15, 0.2) is 101 Å². The number of rotatable bonds is 8. The van der Waals surface area contributed by atoms with E-state index in [1.807, 2.05) is 65.4 Å². The van der Waals surface area contributed by atoms with Gasteiger partial charge in [-0.25, -0.2) is 23.2 Å². The van der Waals surface area contributed by atoms with Crippen LogP contribution in [0.3, 0.4) is 0 Å². The van der Waals surface area contributed by atoms with Gasteiger partial charge in [0.15, 0.2) is 0 Å². The molecule has 0 radical (unpaired) electrons. The molecule has 0 bridgehead atoms. The second-order valence-electron chi connectivity index (χ2n) is 11.5. The summed E-state index contributed by atoms with van der Waals surface area (Å²) >= 11 is 3.15. The highest BCUT2D eigenvalue weighted by Crippen LogP contribution is 2.39. The summed E-state index contributed by atoms with van der Waals surface area (Å²) in [7, 11) is -3.91. The Balaban J connectivity index is 1.32. The quantitative estimate of drug-likeness (QED) is 0.151. The molecule has 1 saturated heterocycles. The first-order valence-corrected chi connectivity index (χ1v) is 18.4. The number of benzene rings is 3. The summed E-state index contributed by atoms with van der Waals surface area (Å²) in [5.74, 6) is 0.837. The molecule has 0 spiro atoms. The third-order valence-corrected chi connectivity index (χ3v) is 11.6. The first-order valence-electron chi connectivity index (χ1n) is 15.2. The molecule has 2 aromatic heterocycles. The monoisotopic (exact) mass is 681 g/mol. The third kappa shape index (κ3) is 6.44. The molecule has 8 nitrogen and oxygen atoms in total. The van der Waals surface area contributed by atoms with E-state index in [0.29, 0.717) is 41.9 Å². The normalized spacial score (nSPS) is 15.5. The summed E-state index contributed by atoms with van der Waals surface area (Å²) in [6, 6.07) is 19.2. The van der Waals surface area contributed by atoms with Crippen LogP contribution < -0.4 is 15.2 Å². The molecule has 0 atom stereocenters. The fourth-order valence-electron chi connectivity index (χ4n) is 5.88. The Morgan fingerprint density at radius 2 is 1.79 bits per heavy atom. The maximum Gasteiger partial charge on any atom is 0.333 e. The largest absolute Gasteiger partial charge is 0.459 e. The lowest BCUT2D eigenvalue weighted by molar-refractivity contribution is -0.145. The van der Waals surface area contributed by atoms with Gasteiger partial charge < -0.3 is 9.47 Å². The molecule has 11 heteroatoms. The summed E-state index contributed by atoms with van der Waals surface area (Å²) in [6.45, 7) is 5.73. The molecular weight excluding hydrogens is 651 g/mol. The molecule has 7 rings (SSSR count). The predicted molar refractivity (Wildman–Crippen MR) is 184 cm³/mol. The molecule has 0 amide bonds. The lowest BCUT2D eigenvalue weighted by Crippen LogP contribution is -2.41. The minimum Gasteiger partial charge on any atom is -0.459 e. The van der Waals surface area contributed by atoms with Crippen LogP contribution >= 0.6 is 22.7 Å². The fraction of sp³-hybridized carbons (Fsp3) is 0.194. The van der Waals surface area contributed by atoms with Gasteiger partial charge in [-0.2, -0.15) is 4.31 Å². The molecule has 2 aliphatic rings. The molecule has 3 aromatic carbocycles. The number of ether oxygens (including phenoxy) is 2. The molecule has 4 heterocycles. The second kappa shape index (κ2) is 13.0. The van der Waals surface area contributed by atoms with Gasteiger partial charge in [0.05, 0.1) is 9.90 Å². The zero-order chi connectivity index (χ0) is 32.5. The summed E-state index contributed by atoms with van der Waals surface area (Å²) in [5, 5.41) is 7.50. The zero-order valence-electron chi connectivity index (χ0n) is 25.6. The molecule has 0 unspecified atom stereocenters. The van der Waals surface area contributed by atoms with Gasteiger partial charge in [0.25, 0.3) is 0 Å². The van der Waals surface area contributed by atoms with Crippen molar-refractivity contribution in [2.24, 2.45) is 0 Å². The smallest absolute Gasteiger partial charge is 0.333 e. The Morgan fingerprint density at radius 3 is 2.53 bits per heavy atom. The zero-order valence-corrected chi connectivity index (χ0v) is 28.0. The van der Waals surface area contributed by atoms with Crippen LogP contribution in [0.2, 0.25) is 0 Å². The number of piperidine rings is 1. The molecule has 47 heavy (non-hydrogen) atoms. The Labute approximate surface area is 281 Å². The Hall–Kier alpha value is -4.42. The predicted octanol–water partition coefficient (Wildman–Crippen LogP) is 5.64. The summed E-state index contributed by atoms with van der Waals surface area (Å²) < 4.78 is 42.2. The number of fused-ring (bicyclic) bond motifs is 2. The van der Waals surface area contributed by atoms with E-state index in [4.69, 9.17) is 9.47 Å². The highest BCUT2D eigenvalue weighted by molar-refractivity contribution is 7.89. The minimum atomic E-state index is -3.91. The molecule has 0 N–H and O–H groups in total. The van der Waals surface area contributed by atoms with Gasteiger partial charge in [0.2, 0.25) is 10.0 Å². The van der Waals surface area contributed by atoms with Gasteiger partial charge in [0, 0.05) is 70.2 Å². The van der Waals surface area contributed by atoms with Gasteiger partial charge in [-0.05, 0) is 60.9 Å². The Kier molecular flexibility index (Phi) is 8.63. The van der Waals surface area contributed by atoms with Crippen LogP contribution in [-0.4, -0.2) is 47.9 Å². The number of esters is 1. The van der Waals surface area contributed by atoms with E-state index in [1.165, 1.54) is 4.31 Å². The highest BCUT2D eigenvalue weighted by Gasteiger charge is 2.34. The van der Waals surface area contributed by atoms with E-state index in [0.717, 1.165) is 37.2 Å². The van der Waals surface area contributed by atoms with E-state index in [9.17, 15) is 13.2 Å². The molecule has 2 aliphatic heterocycles. The molecular formula is C36H31N3O5S3. The third-order valence-electron chi connectivity index (χ3n) is 8.19. The number of aromatic nitrogens is 2. The van der Waals surface area contributed by atoms with E-state index < -0.39 is 16.0 Å². The lowest BCUT2D eigenvalue weighted by atomic mass is 9.91. The maximum absolute atomic E-state index is 14.3. The number of carbonyl (C=O) groups excluding carboxylic acids is 1. The van der Waals surface area contributed by atoms with Crippen molar-refractivity contribution in [3.8, 4) is 11.5 Å². The van der Waals surface area contributed by atoms with E-state index >= 15 is 0 Å². The second-order valence-corrected chi connectivity index (χ2v) is 15.3. The fourth-order valence-corrected chi connectivity index (χ4v) is 8.79. The Bertz CT molecular complexity index is 2200. The lowest BCUT2D eigenvalue weighted by Gasteiger charge is -2.32.